The number of piperidine rings is 1. The molecule has 9 heteroatoms. The van der Waals surface area contributed by atoms with Gasteiger partial charge in [-0.1, -0.05) is 6.07 Å². The smallest absolute Gasteiger partial charge is 0.420 e. The van der Waals surface area contributed by atoms with Crippen LogP contribution in [0.1, 0.15) is 30.4 Å². The molecule has 3 heterocycles. The van der Waals surface area contributed by atoms with Crippen molar-refractivity contribution in [2.75, 3.05) is 30.8 Å². The highest BCUT2D eigenvalue weighted by Crippen LogP contribution is 2.36. The third-order valence-electron chi connectivity index (χ3n) is 6.68. The Hall–Kier alpha value is -3.75. The van der Waals surface area contributed by atoms with Gasteiger partial charge in [-0.05, 0) is 56.0 Å². The van der Waals surface area contributed by atoms with Crippen molar-refractivity contribution >= 4 is 34.3 Å². The van der Waals surface area contributed by atoms with Crippen molar-refractivity contribution in [1.29, 1.82) is 0 Å². The fraction of sp³-hybridized carbons (Fsp3) is 0.400. The lowest BCUT2D eigenvalue weighted by Crippen LogP contribution is -2.39. The van der Waals surface area contributed by atoms with Crippen LogP contribution in [0.4, 0.5) is 11.4 Å². The Balaban J connectivity index is 1.34. The number of likely N-dealkylation sites (tertiary alicyclic amines) is 1. The number of carbonyl (C=O) groups excluding carboxylic acids is 2. The van der Waals surface area contributed by atoms with E-state index in [4.69, 9.17) is 9.15 Å². The monoisotopic (exact) mass is 464 g/mol. The fourth-order valence-electron chi connectivity index (χ4n) is 4.83. The zero-order valence-electron chi connectivity index (χ0n) is 19.3. The van der Waals surface area contributed by atoms with Gasteiger partial charge >= 0.3 is 5.76 Å². The molecule has 0 saturated carbocycles. The molecule has 0 aliphatic carbocycles. The van der Waals surface area contributed by atoms with Crippen LogP contribution in [0, 0.1) is 6.92 Å². The molecule has 5 rings (SSSR count). The maximum absolute atomic E-state index is 13.0. The van der Waals surface area contributed by atoms with Crippen LogP contribution in [0.5, 0.6) is 5.75 Å². The molecule has 0 radical (unpaired) electrons. The summed E-state index contributed by atoms with van der Waals surface area (Å²) in [4.78, 5) is 40.0. The van der Waals surface area contributed by atoms with E-state index in [1.165, 1.54) is 4.57 Å². The molecule has 1 fully saturated rings. The summed E-state index contributed by atoms with van der Waals surface area (Å²) >= 11 is 0. The molecule has 1 aromatic heterocycles. The van der Waals surface area contributed by atoms with Crippen molar-refractivity contribution in [3.63, 3.8) is 0 Å². The van der Waals surface area contributed by atoms with Gasteiger partial charge in [0.2, 0.25) is 11.8 Å². The summed E-state index contributed by atoms with van der Waals surface area (Å²) in [5, 5.41) is 6.22. The van der Waals surface area contributed by atoms with Gasteiger partial charge < -0.3 is 24.7 Å². The summed E-state index contributed by atoms with van der Waals surface area (Å²) in [7, 11) is 1.62. The maximum Gasteiger partial charge on any atom is 0.420 e. The second-order valence-electron chi connectivity index (χ2n) is 8.91. The van der Waals surface area contributed by atoms with E-state index in [-0.39, 0.29) is 18.4 Å². The largest absolute Gasteiger partial charge is 0.496 e. The first-order valence-corrected chi connectivity index (χ1v) is 11.6. The van der Waals surface area contributed by atoms with E-state index >= 15 is 0 Å². The number of aromatic nitrogens is 1. The van der Waals surface area contributed by atoms with Gasteiger partial charge in [0.25, 0.3) is 0 Å². The van der Waals surface area contributed by atoms with E-state index in [2.05, 4.69) is 10.6 Å². The van der Waals surface area contributed by atoms with Crippen LogP contribution in [0.25, 0.3) is 11.1 Å². The Morgan fingerprint density at radius 3 is 2.74 bits per heavy atom. The number of methoxy groups -OCH3 is 1. The van der Waals surface area contributed by atoms with Crippen LogP contribution in [-0.4, -0.2) is 47.5 Å². The number of hydrogen-bond donors (Lipinski definition) is 2. The van der Waals surface area contributed by atoms with Gasteiger partial charge in [0.05, 0.1) is 12.6 Å². The number of nitrogens with one attached hydrogen (secondary N) is 2. The molecule has 178 valence electrons. The van der Waals surface area contributed by atoms with Crippen molar-refractivity contribution in [1.82, 2.24) is 9.47 Å². The van der Waals surface area contributed by atoms with Crippen LogP contribution in [0.3, 0.4) is 0 Å². The molecule has 9 nitrogen and oxygen atoms in total. The number of amides is 2. The summed E-state index contributed by atoms with van der Waals surface area (Å²) in [5.74, 6) is -0.125. The van der Waals surface area contributed by atoms with Crippen molar-refractivity contribution < 1.29 is 18.7 Å². The SMILES string of the molecule is COc1ccc(C)c2c1CC(C(=O)Nc1ccc3oc(=O)n(CC(=O)N4CCCCC4)c3c1)N2. The minimum absolute atomic E-state index is 0.0816. The highest BCUT2D eigenvalue weighted by molar-refractivity contribution is 5.99. The van der Waals surface area contributed by atoms with Crippen molar-refractivity contribution in [2.24, 2.45) is 0 Å². The molecule has 2 N–H and O–H groups in total. The summed E-state index contributed by atoms with van der Waals surface area (Å²) in [5.41, 5.74) is 4.34. The van der Waals surface area contributed by atoms with Crippen LogP contribution >= 0.6 is 0 Å². The zero-order chi connectivity index (χ0) is 23.8. The minimum Gasteiger partial charge on any atom is -0.496 e. The molecule has 1 atom stereocenters. The van der Waals surface area contributed by atoms with Crippen molar-refractivity contribution in [2.45, 2.75) is 45.2 Å². The van der Waals surface area contributed by atoms with E-state index < -0.39 is 11.8 Å². The number of ether oxygens (including phenoxy) is 1. The summed E-state index contributed by atoms with van der Waals surface area (Å²) in [6.45, 7) is 3.34. The number of anilines is 2. The molecule has 2 aromatic carbocycles. The van der Waals surface area contributed by atoms with Gasteiger partial charge in [-0.15, -0.1) is 0 Å². The Labute approximate surface area is 196 Å². The lowest BCUT2D eigenvalue weighted by molar-refractivity contribution is -0.132. The molecule has 0 spiro atoms. The lowest BCUT2D eigenvalue weighted by Gasteiger charge is -2.26. The molecule has 2 aliphatic heterocycles. The highest BCUT2D eigenvalue weighted by Gasteiger charge is 2.30. The Morgan fingerprint density at radius 2 is 1.97 bits per heavy atom. The number of nitrogens with zero attached hydrogens (tertiary/aromatic N) is 2. The minimum atomic E-state index is -0.584. The summed E-state index contributed by atoms with van der Waals surface area (Å²) < 4.78 is 12.1. The normalized spacial score (nSPS) is 17.4. The first-order chi connectivity index (χ1) is 16.4. The van der Waals surface area contributed by atoms with Gasteiger partial charge in [-0.3, -0.25) is 14.2 Å². The first-order valence-electron chi connectivity index (χ1n) is 11.6. The number of oxazole rings is 1. The molecule has 1 unspecified atom stereocenters. The van der Waals surface area contributed by atoms with E-state index in [0.29, 0.717) is 36.3 Å². The third-order valence-corrected chi connectivity index (χ3v) is 6.68. The van der Waals surface area contributed by atoms with Gasteiger partial charge in [0.15, 0.2) is 5.58 Å². The summed E-state index contributed by atoms with van der Waals surface area (Å²) in [6, 6.07) is 8.42. The van der Waals surface area contributed by atoms with Crippen LogP contribution in [0.2, 0.25) is 0 Å². The molecular formula is C25H28N4O5. The second kappa shape index (κ2) is 8.89. The lowest BCUT2D eigenvalue weighted by atomic mass is 10.1. The van der Waals surface area contributed by atoms with Crippen molar-refractivity contribution in [3.8, 4) is 5.75 Å². The maximum atomic E-state index is 13.0. The average Bonchev–Trinajstić information content (AvgIpc) is 3.43. The predicted molar refractivity (Wildman–Crippen MR) is 128 cm³/mol. The predicted octanol–water partition coefficient (Wildman–Crippen LogP) is 2.90. The van der Waals surface area contributed by atoms with E-state index in [1.807, 2.05) is 19.1 Å². The van der Waals surface area contributed by atoms with Gasteiger partial charge in [-0.25, -0.2) is 4.79 Å². The number of rotatable bonds is 5. The molecule has 0 bridgehead atoms. The number of aryl methyl sites for hydroxylation is 1. The Kier molecular flexibility index (Phi) is 5.77. The summed E-state index contributed by atoms with van der Waals surface area (Å²) in [6.07, 6.45) is 3.59. The third kappa shape index (κ3) is 4.02. The average molecular weight is 465 g/mol. The number of carbonyl (C=O) groups is 2. The number of fused-ring (bicyclic) bond motifs is 2. The quantitative estimate of drug-likeness (QED) is 0.602. The van der Waals surface area contributed by atoms with E-state index in [9.17, 15) is 14.4 Å². The van der Waals surface area contributed by atoms with Gasteiger partial charge in [-0.2, -0.15) is 0 Å². The molecule has 3 aromatic rings. The topological polar surface area (TPSA) is 106 Å². The molecule has 34 heavy (non-hydrogen) atoms. The van der Waals surface area contributed by atoms with E-state index in [0.717, 1.165) is 41.8 Å². The Morgan fingerprint density at radius 1 is 1.18 bits per heavy atom. The van der Waals surface area contributed by atoms with Gasteiger partial charge in [0, 0.05) is 36.4 Å². The van der Waals surface area contributed by atoms with Gasteiger partial charge in [0.1, 0.15) is 18.3 Å². The molecule has 2 amide bonds. The highest BCUT2D eigenvalue weighted by atomic mass is 16.5. The molecule has 2 aliphatic rings. The van der Waals surface area contributed by atoms with Crippen LogP contribution in [-0.2, 0) is 22.6 Å². The Bertz CT molecular complexity index is 1320. The zero-order valence-corrected chi connectivity index (χ0v) is 19.3. The molecule has 1 saturated heterocycles. The number of benzene rings is 2. The van der Waals surface area contributed by atoms with E-state index in [1.54, 1.807) is 30.2 Å². The van der Waals surface area contributed by atoms with Crippen molar-refractivity contribution in [3.05, 3.63) is 52.0 Å². The first kappa shape index (κ1) is 22.1. The standard InChI is InChI=1S/C25H28N4O5/c1-15-6-8-20(33-2)17-13-18(27-23(15)17)24(31)26-16-7-9-21-19(12-16)29(25(32)34-21)14-22(30)28-10-4-3-5-11-28/h6-9,12,18,27H,3-5,10-11,13-14H2,1-2H3,(H,26,31). The molecular weight excluding hydrogens is 436 g/mol. The van der Waals surface area contributed by atoms with Crippen LogP contribution in [0.15, 0.2) is 39.5 Å². The second-order valence-corrected chi connectivity index (χ2v) is 8.91. The fourth-order valence-corrected chi connectivity index (χ4v) is 4.83. The number of hydrogen-bond acceptors (Lipinski definition) is 6. The van der Waals surface area contributed by atoms with Crippen LogP contribution < -0.4 is 21.1 Å².